The molecule has 1 aliphatic carbocycles. The Kier molecular flexibility index (Phi) is 4.43. The lowest BCUT2D eigenvalue weighted by atomic mass is 9.82. The van der Waals surface area contributed by atoms with Crippen LogP contribution in [0.2, 0.25) is 0 Å². The molecule has 1 saturated carbocycles. The van der Waals surface area contributed by atoms with Crippen LogP contribution in [0, 0.1) is 5.92 Å². The molecule has 2 N–H and O–H groups in total. The van der Waals surface area contributed by atoms with Gasteiger partial charge >= 0.3 is 0 Å². The van der Waals surface area contributed by atoms with E-state index in [2.05, 4.69) is 24.3 Å². The van der Waals surface area contributed by atoms with Crippen molar-refractivity contribution < 1.29 is 4.74 Å². The summed E-state index contributed by atoms with van der Waals surface area (Å²) >= 11 is 0. The predicted molar refractivity (Wildman–Crippen MR) is 71.4 cm³/mol. The largest absolute Gasteiger partial charge is 0.497 e. The second kappa shape index (κ2) is 6.06. The number of nitrogens with two attached hydrogens (primary N) is 1. The summed E-state index contributed by atoms with van der Waals surface area (Å²) in [4.78, 5) is 0. The van der Waals surface area contributed by atoms with E-state index >= 15 is 0 Å². The van der Waals surface area contributed by atoms with Gasteiger partial charge in [0.2, 0.25) is 0 Å². The molecule has 2 rings (SSSR count). The fourth-order valence-electron chi connectivity index (χ4n) is 2.96. The summed E-state index contributed by atoms with van der Waals surface area (Å²) in [7, 11) is 1.71. The zero-order valence-corrected chi connectivity index (χ0v) is 10.7. The van der Waals surface area contributed by atoms with Crippen molar-refractivity contribution in [3.05, 3.63) is 29.8 Å². The van der Waals surface area contributed by atoms with Gasteiger partial charge in [0.1, 0.15) is 5.75 Å². The molecule has 94 valence electrons. The molecule has 2 unspecified atom stereocenters. The number of benzene rings is 1. The van der Waals surface area contributed by atoms with Gasteiger partial charge in [-0.2, -0.15) is 0 Å². The van der Waals surface area contributed by atoms with E-state index < -0.39 is 0 Å². The first-order chi connectivity index (χ1) is 8.35. The summed E-state index contributed by atoms with van der Waals surface area (Å²) in [6.07, 6.45) is 6.62. The molecule has 0 amide bonds. The molecule has 1 aromatic carbocycles. The highest BCUT2D eigenvalue weighted by molar-refractivity contribution is 5.30. The monoisotopic (exact) mass is 233 g/mol. The van der Waals surface area contributed by atoms with Crippen LogP contribution in [0.25, 0.3) is 0 Å². The lowest BCUT2D eigenvalue weighted by Gasteiger charge is -2.24. The van der Waals surface area contributed by atoms with Crippen molar-refractivity contribution in [1.82, 2.24) is 0 Å². The molecule has 0 bridgehead atoms. The van der Waals surface area contributed by atoms with Gasteiger partial charge in [0, 0.05) is 0 Å². The van der Waals surface area contributed by atoms with Gasteiger partial charge in [0.15, 0.2) is 0 Å². The van der Waals surface area contributed by atoms with E-state index in [0.717, 1.165) is 12.3 Å². The quantitative estimate of drug-likeness (QED) is 0.813. The maximum atomic E-state index is 5.93. The van der Waals surface area contributed by atoms with E-state index in [1.807, 2.05) is 0 Å². The van der Waals surface area contributed by atoms with Crippen LogP contribution in [0.5, 0.6) is 5.75 Å². The van der Waals surface area contributed by atoms with Gasteiger partial charge in [-0.3, -0.25) is 0 Å². The van der Waals surface area contributed by atoms with Crippen LogP contribution < -0.4 is 10.5 Å². The second-order valence-electron chi connectivity index (χ2n) is 5.01. The number of hydrogen-bond donors (Lipinski definition) is 1. The fourth-order valence-corrected chi connectivity index (χ4v) is 2.96. The molecule has 0 saturated heterocycles. The van der Waals surface area contributed by atoms with E-state index in [4.69, 9.17) is 10.5 Å². The SMILES string of the molecule is COc1ccc(C2CCCCCC2CN)cc1. The number of ether oxygens (including phenoxy) is 1. The summed E-state index contributed by atoms with van der Waals surface area (Å²) in [6.45, 7) is 0.816. The molecule has 17 heavy (non-hydrogen) atoms. The van der Waals surface area contributed by atoms with Crippen molar-refractivity contribution in [3.8, 4) is 5.75 Å². The van der Waals surface area contributed by atoms with E-state index in [-0.39, 0.29) is 0 Å². The van der Waals surface area contributed by atoms with Gasteiger partial charge in [-0.25, -0.2) is 0 Å². The predicted octanol–water partition coefficient (Wildman–Crippen LogP) is 3.32. The van der Waals surface area contributed by atoms with Crippen LogP contribution in [0.4, 0.5) is 0 Å². The Hall–Kier alpha value is -1.02. The van der Waals surface area contributed by atoms with Gasteiger partial charge in [-0.05, 0) is 48.9 Å². The first kappa shape index (κ1) is 12.4. The molecule has 0 heterocycles. The highest BCUT2D eigenvalue weighted by Crippen LogP contribution is 2.36. The van der Waals surface area contributed by atoms with Crippen molar-refractivity contribution in [3.63, 3.8) is 0 Å². The Labute approximate surface area is 104 Å². The van der Waals surface area contributed by atoms with E-state index in [1.54, 1.807) is 7.11 Å². The highest BCUT2D eigenvalue weighted by atomic mass is 16.5. The van der Waals surface area contributed by atoms with Crippen molar-refractivity contribution in [2.75, 3.05) is 13.7 Å². The lowest BCUT2D eigenvalue weighted by molar-refractivity contribution is 0.403. The van der Waals surface area contributed by atoms with Crippen molar-refractivity contribution in [2.45, 2.75) is 38.0 Å². The Balaban J connectivity index is 2.16. The van der Waals surface area contributed by atoms with Gasteiger partial charge in [-0.1, -0.05) is 31.4 Å². The number of hydrogen-bond acceptors (Lipinski definition) is 2. The van der Waals surface area contributed by atoms with Crippen LogP contribution >= 0.6 is 0 Å². The Morgan fingerprint density at radius 1 is 1.12 bits per heavy atom. The van der Waals surface area contributed by atoms with Gasteiger partial charge in [-0.15, -0.1) is 0 Å². The molecule has 2 heteroatoms. The smallest absolute Gasteiger partial charge is 0.118 e. The summed E-state index contributed by atoms with van der Waals surface area (Å²) in [5.41, 5.74) is 7.37. The van der Waals surface area contributed by atoms with Crippen LogP contribution in [0.1, 0.15) is 43.6 Å². The summed E-state index contributed by atoms with van der Waals surface area (Å²) in [5.74, 6) is 2.24. The average Bonchev–Trinajstić information content (AvgIpc) is 2.64. The molecular formula is C15H23NO. The third kappa shape index (κ3) is 3.01. The normalized spacial score (nSPS) is 25.3. The second-order valence-corrected chi connectivity index (χ2v) is 5.01. The van der Waals surface area contributed by atoms with E-state index in [1.165, 1.54) is 37.7 Å². The van der Waals surface area contributed by atoms with Crippen LogP contribution in [-0.2, 0) is 0 Å². The molecule has 2 atom stereocenters. The third-order valence-corrected chi connectivity index (χ3v) is 4.01. The first-order valence-corrected chi connectivity index (χ1v) is 6.69. The molecule has 0 radical (unpaired) electrons. The Bertz CT molecular complexity index is 333. The van der Waals surface area contributed by atoms with Gasteiger partial charge in [0.05, 0.1) is 7.11 Å². The van der Waals surface area contributed by atoms with Gasteiger partial charge in [0.25, 0.3) is 0 Å². The minimum atomic E-state index is 0.647. The minimum Gasteiger partial charge on any atom is -0.497 e. The molecular weight excluding hydrogens is 210 g/mol. The maximum absolute atomic E-state index is 5.93. The molecule has 1 fully saturated rings. The average molecular weight is 233 g/mol. The van der Waals surface area contributed by atoms with Crippen LogP contribution in [0.3, 0.4) is 0 Å². The maximum Gasteiger partial charge on any atom is 0.118 e. The van der Waals surface area contributed by atoms with Crippen molar-refractivity contribution in [2.24, 2.45) is 11.7 Å². The van der Waals surface area contributed by atoms with Gasteiger partial charge < -0.3 is 10.5 Å². The van der Waals surface area contributed by atoms with Crippen LogP contribution in [-0.4, -0.2) is 13.7 Å². The molecule has 0 aromatic heterocycles. The number of rotatable bonds is 3. The summed E-state index contributed by atoms with van der Waals surface area (Å²) < 4.78 is 5.21. The topological polar surface area (TPSA) is 35.2 Å². The first-order valence-electron chi connectivity index (χ1n) is 6.69. The lowest BCUT2D eigenvalue weighted by Crippen LogP contribution is -2.21. The summed E-state index contributed by atoms with van der Waals surface area (Å²) in [6, 6.07) is 8.54. The number of methoxy groups -OCH3 is 1. The zero-order valence-electron chi connectivity index (χ0n) is 10.7. The summed E-state index contributed by atoms with van der Waals surface area (Å²) in [5, 5.41) is 0. The molecule has 0 spiro atoms. The van der Waals surface area contributed by atoms with Crippen molar-refractivity contribution >= 4 is 0 Å². The molecule has 0 aliphatic heterocycles. The standard InChI is InChI=1S/C15H23NO/c1-17-14-9-7-12(8-10-14)15-6-4-2-3-5-13(15)11-16/h7-10,13,15H,2-6,11,16H2,1H3. The fraction of sp³-hybridized carbons (Fsp3) is 0.600. The van der Waals surface area contributed by atoms with Crippen LogP contribution in [0.15, 0.2) is 24.3 Å². The zero-order chi connectivity index (χ0) is 12.1. The highest BCUT2D eigenvalue weighted by Gasteiger charge is 2.23. The van der Waals surface area contributed by atoms with E-state index in [0.29, 0.717) is 11.8 Å². The van der Waals surface area contributed by atoms with Crippen molar-refractivity contribution in [1.29, 1.82) is 0 Å². The minimum absolute atomic E-state index is 0.647. The third-order valence-electron chi connectivity index (χ3n) is 4.01. The molecule has 2 nitrogen and oxygen atoms in total. The molecule has 1 aliphatic rings. The Morgan fingerprint density at radius 2 is 1.82 bits per heavy atom. The van der Waals surface area contributed by atoms with E-state index in [9.17, 15) is 0 Å². The molecule has 1 aromatic rings. The Morgan fingerprint density at radius 3 is 2.47 bits per heavy atom.